The number of benzene rings is 1. The number of nitrogens with one attached hydrogen (secondary N) is 1. The Hall–Kier alpha value is -0.730. The predicted molar refractivity (Wildman–Crippen MR) is 80.5 cm³/mol. The first-order chi connectivity index (χ1) is 9.57. The van der Waals surface area contributed by atoms with Gasteiger partial charge >= 0.3 is 6.18 Å². The van der Waals surface area contributed by atoms with Crippen LogP contribution < -0.4 is 5.32 Å². The van der Waals surface area contributed by atoms with Crippen LogP contribution in [0.2, 0.25) is 0 Å². The average Bonchev–Trinajstić information content (AvgIpc) is 2.35. The second-order valence-electron chi connectivity index (χ2n) is 4.81. The molecule has 0 aromatic heterocycles. The first-order valence-electron chi connectivity index (χ1n) is 5.93. The molecule has 2 N–H and O–H groups in total. The van der Waals surface area contributed by atoms with Crippen LogP contribution in [0.25, 0.3) is 0 Å². The van der Waals surface area contributed by atoms with Crippen LogP contribution in [0.1, 0.15) is 22.8 Å². The number of alkyl halides is 3. The second kappa shape index (κ2) is 7.02. The average molecular weight is 386 g/mol. The number of halogens is 4. The van der Waals surface area contributed by atoms with Gasteiger partial charge in [-0.05, 0) is 31.4 Å². The molecule has 0 aliphatic rings. The molecule has 1 unspecified atom stereocenters. The van der Waals surface area contributed by atoms with E-state index in [2.05, 4.69) is 21.2 Å². The Morgan fingerprint density at radius 1 is 1.43 bits per heavy atom. The molecule has 0 saturated carbocycles. The van der Waals surface area contributed by atoms with Crippen molar-refractivity contribution < 1.29 is 23.1 Å². The molecule has 1 rings (SSSR count). The zero-order valence-corrected chi connectivity index (χ0v) is 13.8. The lowest BCUT2D eigenvalue weighted by atomic mass is 10.1. The van der Waals surface area contributed by atoms with Crippen molar-refractivity contribution in [2.75, 3.05) is 18.6 Å². The van der Waals surface area contributed by atoms with Crippen molar-refractivity contribution in [3.8, 4) is 0 Å². The van der Waals surface area contributed by atoms with Gasteiger partial charge in [0, 0.05) is 22.3 Å². The summed E-state index contributed by atoms with van der Waals surface area (Å²) in [5, 5.41) is 12.4. The van der Waals surface area contributed by atoms with Gasteiger partial charge in [0.2, 0.25) is 0 Å². The molecule has 0 heterocycles. The van der Waals surface area contributed by atoms with Crippen molar-refractivity contribution in [2.24, 2.45) is 0 Å². The van der Waals surface area contributed by atoms with Gasteiger partial charge in [-0.15, -0.1) is 0 Å². The zero-order valence-electron chi connectivity index (χ0n) is 11.4. The van der Waals surface area contributed by atoms with Gasteiger partial charge in [0.05, 0.1) is 11.2 Å². The van der Waals surface area contributed by atoms with Gasteiger partial charge in [0.1, 0.15) is 0 Å². The van der Waals surface area contributed by atoms with Crippen LogP contribution in [0.5, 0.6) is 0 Å². The lowest BCUT2D eigenvalue weighted by molar-refractivity contribution is -0.138. The minimum absolute atomic E-state index is 0.0376. The summed E-state index contributed by atoms with van der Waals surface area (Å²) in [5.74, 6) is -0.254. The van der Waals surface area contributed by atoms with E-state index in [4.69, 9.17) is 0 Å². The molecule has 0 spiro atoms. The van der Waals surface area contributed by atoms with Gasteiger partial charge in [-0.25, -0.2) is 0 Å². The summed E-state index contributed by atoms with van der Waals surface area (Å²) in [6.45, 7) is 1.51. The molecule has 0 fully saturated rings. The molecule has 118 valence electrons. The molecular weight excluding hydrogens is 371 g/mol. The second-order valence-corrected chi connectivity index (χ2v) is 6.53. The molecule has 1 aromatic carbocycles. The number of thioether (sulfide) groups is 1. The van der Waals surface area contributed by atoms with E-state index in [1.165, 1.54) is 23.9 Å². The molecule has 0 bridgehead atoms. The molecule has 3 nitrogen and oxygen atoms in total. The maximum atomic E-state index is 12.8. The highest BCUT2D eigenvalue weighted by Gasteiger charge is 2.33. The van der Waals surface area contributed by atoms with Crippen LogP contribution in [0, 0.1) is 0 Å². The molecule has 0 saturated heterocycles. The van der Waals surface area contributed by atoms with E-state index in [1.54, 1.807) is 13.2 Å². The minimum Gasteiger partial charge on any atom is -0.387 e. The topological polar surface area (TPSA) is 49.3 Å². The lowest BCUT2D eigenvalue weighted by Crippen LogP contribution is -2.42. The van der Waals surface area contributed by atoms with E-state index < -0.39 is 23.2 Å². The number of rotatable bonds is 5. The predicted octanol–water partition coefficient (Wildman–Crippen LogP) is 3.31. The minimum atomic E-state index is -4.54. The Balaban J connectivity index is 2.85. The van der Waals surface area contributed by atoms with Gasteiger partial charge in [0.25, 0.3) is 5.91 Å². The van der Waals surface area contributed by atoms with Gasteiger partial charge in [-0.3, -0.25) is 4.79 Å². The summed E-state index contributed by atoms with van der Waals surface area (Å²) in [4.78, 5) is 11.9. The third-order valence-corrected chi connectivity index (χ3v) is 4.22. The molecule has 8 heteroatoms. The fourth-order valence-electron chi connectivity index (χ4n) is 1.62. The monoisotopic (exact) mass is 385 g/mol. The maximum Gasteiger partial charge on any atom is 0.417 e. The fourth-order valence-corrected chi connectivity index (χ4v) is 2.81. The first kappa shape index (κ1) is 18.3. The van der Waals surface area contributed by atoms with Gasteiger partial charge in [-0.1, -0.05) is 15.9 Å². The number of amides is 1. The largest absolute Gasteiger partial charge is 0.417 e. The molecule has 21 heavy (non-hydrogen) atoms. The van der Waals surface area contributed by atoms with E-state index in [0.29, 0.717) is 5.75 Å². The summed E-state index contributed by atoms with van der Waals surface area (Å²) in [6.07, 6.45) is -2.74. The Morgan fingerprint density at radius 2 is 2.05 bits per heavy atom. The normalized spacial score (nSPS) is 14.6. The Labute approximate surface area is 133 Å². The first-order valence-corrected chi connectivity index (χ1v) is 8.12. The van der Waals surface area contributed by atoms with Crippen molar-refractivity contribution >= 4 is 33.6 Å². The molecule has 1 aromatic rings. The van der Waals surface area contributed by atoms with Crippen molar-refractivity contribution in [3.63, 3.8) is 0 Å². The standard InChI is InChI=1S/C13H15BrF3NO2S/c1-12(20,7-21-2)6-18-11(19)8-3-4-10(14)9(5-8)13(15,16)17/h3-5,20H,6-7H2,1-2H3,(H,18,19). The SMILES string of the molecule is CSCC(C)(O)CNC(=O)c1ccc(Br)c(C(F)(F)F)c1. The maximum absolute atomic E-state index is 12.8. The van der Waals surface area contributed by atoms with Gasteiger partial charge in [-0.2, -0.15) is 24.9 Å². The van der Waals surface area contributed by atoms with Crippen LogP contribution in [0.4, 0.5) is 13.2 Å². The number of hydrogen-bond donors (Lipinski definition) is 2. The molecule has 1 amide bonds. The molecular formula is C13H15BrF3NO2S. The quantitative estimate of drug-likeness (QED) is 0.817. The molecule has 0 radical (unpaired) electrons. The zero-order chi connectivity index (χ0) is 16.3. The summed E-state index contributed by atoms with van der Waals surface area (Å²) in [6, 6.07) is 3.25. The van der Waals surface area contributed by atoms with Crippen LogP contribution in [0.15, 0.2) is 22.7 Å². The van der Waals surface area contributed by atoms with Crippen LogP contribution in [0.3, 0.4) is 0 Å². The Kier molecular flexibility index (Phi) is 6.12. The van der Waals surface area contributed by atoms with Crippen molar-refractivity contribution in [3.05, 3.63) is 33.8 Å². The molecule has 0 aliphatic carbocycles. The van der Waals surface area contributed by atoms with Gasteiger partial charge in [0.15, 0.2) is 0 Å². The lowest BCUT2D eigenvalue weighted by Gasteiger charge is -2.22. The third kappa shape index (κ3) is 5.52. The molecule has 0 aliphatic heterocycles. The van der Waals surface area contributed by atoms with E-state index in [-0.39, 0.29) is 16.6 Å². The summed E-state index contributed by atoms with van der Waals surface area (Å²) < 4.78 is 38.2. The number of carbonyl (C=O) groups excluding carboxylic acids is 1. The Bertz CT molecular complexity index is 521. The molecule has 1 atom stereocenters. The van der Waals surface area contributed by atoms with E-state index >= 15 is 0 Å². The van der Waals surface area contributed by atoms with E-state index in [0.717, 1.165) is 6.07 Å². The summed E-state index contributed by atoms with van der Waals surface area (Å²) >= 11 is 4.22. The number of hydrogen-bond acceptors (Lipinski definition) is 3. The summed E-state index contributed by atoms with van der Waals surface area (Å²) in [7, 11) is 0. The summed E-state index contributed by atoms with van der Waals surface area (Å²) in [5.41, 5.74) is -2.13. The van der Waals surface area contributed by atoms with Crippen molar-refractivity contribution in [1.82, 2.24) is 5.32 Å². The number of aliphatic hydroxyl groups is 1. The van der Waals surface area contributed by atoms with E-state index in [9.17, 15) is 23.1 Å². The van der Waals surface area contributed by atoms with Crippen molar-refractivity contribution in [2.45, 2.75) is 18.7 Å². The highest BCUT2D eigenvalue weighted by molar-refractivity contribution is 9.10. The highest BCUT2D eigenvalue weighted by atomic mass is 79.9. The Morgan fingerprint density at radius 3 is 2.57 bits per heavy atom. The van der Waals surface area contributed by atoms with E-state index in [1.807, 2.05) is 0 Å². The third-order valence-electron chi connectivity index (χ3n) is 2.62. The van der Waals surface area contributed by atoms with Crippen molar-refractivity contribution in [1.29, 1.82) is 0 Å². The number of carbonyl (C=O) groups is 1. The van der Waals surface area contributed by atoms with Gasteiger partial charge < -0.3 is 10.4 Å². The highest BCUT2D eigenvalue weighted by Crippen LogP contribution is 2.35. The van der Waals surface area contributed by atoms with Crippen LogP contribution >= 0.6 is 27.7 Å². The van der Waals surface area contributed by atoms with Crippen LogP contribution in [-0.4, -0.2) is 35.2 Å². The fraction of sp³-hybridized carbons (Fsp3) is 0.462. The smallest absolute Gasteiger partial charge is 0.387 e. The van der Waals surface area contributed by atoms with Crippen LogP contribution in [-0.2, 0) is 6.18 Å².